The van der Waals surface area contributed by atoms with Crippen molar-refractivity contribution >= 4 is 27.4 Å². The molecule has 2 rings (SSSR count). The second-order valence-electron chi connectivity index (χ2n) is 4.05. The summed E-state index contributed by atoms with van der Waals surface area (Å²) in [5.41, 5.74) is 2.76. The van der Waals surface area contributed by atoms with Gasteiger partial charge in [-0.15, -0.1) is 0 Å². The molecule has 0 atom stereocenters. The summed E-state index contributed by atoms with van der Waals surface area (Å²) in [4.78, 5) is 11.5. The molecule has 18 heavy (non-hydrogen) atoms. The number of carbonyl (C=O) groups is 1. The zero-order chi connectivity index (χ0) is 13.0. The highest BCUT2D eigenvalue weighted by Gasteiger charge is 2.06. The van der Waals surface area contributed by atoms with E-state index < -0.39 is 0 Å². The van der Waals surface area contributed by atoms with Crippen LogP contribution in [0.15, 0.2) is 53.0 Å². The Hall–Kier alpha value is -1.61. The quantitative estimate of drug-likeness (QED) is 0.855. The highest BCUT2D eigenvalue weighted by molar-refractivity contribution is 9.10. The molecular weight excluding hydrogens is 290 g/mol. The predicted octanol–water partition coefficient (Wildman–Crippen LogP) is 4.26. The summed E-state index contributed by atoms with van der Waals surface area (Å²) in [5, 5.41) is 3.30. The van der Waals surface area contributed by atoms with Crippen LogP contribution in [0.4, 0.5) is 5.69 Å². The lowest BCUT2D eigenvalue weighted by atomic mass is 10.1. The van der Waals surface area contributed by atoms with E-state index in [0.717, 1.165) is 21.3 Å². The normalized spacial score (nSPS) is 10.1. The third kappa shape index (κ3) is 2.99. The molecule has 0 aromatic heterocycles. The smallest absolute Gasteiger partial charge is 0.161 e. The number of para-hydroxylation sites is 1. The summed E-state index contributed by atoms with van der Waals surface area (Å²) in [7, 11) is 0. The van der Waals surface area contributed by atoms with Gasteiger partial charge < -0.3 is 5.32 Å². The molecule has 0 aliphatic carbocycles. The molecule has 0 aliphatic heterocycles. The van der Waals surface area contributed by atoms with Crippen molar-refractivity contribution in [2.75, 3.05) is 5.32 Å². The summed E-state index contributed by atoms with van der Waals surface area (Å²) in [6, 6.07) is 15.6. The summed E-state index contributed by atoms with van der Waals surface area (Å²) in [6.45, 7) is 2.27. The largest absolute Gasteiger partial charge is 0.380 e. The molecule has 0 aliphatic rings. The number of hydrogen-bond donors (Lipinski definition) is 1. The number of anilines is 1. The third-order valence-electron chi connectivity index (χ3n) is 2.73. The average molecular weight is 304 g/mol. The molecular formula is C15H14BrNO. The van der Waals surface area contributed by atoms with E-state index in [1.807, 2.05) is 48.5 Å². The van der Waals surface area contributed by atoms with Crippen LogP contribution in [0.5, 0.6) is 0 Å². The molecule has 0 unspecified atom stereocenters. The molecule has 3 heteroatoms. The van der Waals surface area contributed by atoms with E-state index in [0.29, 0.717) is 6.54 Å². The SMILES string of the molecule is CC(=O)c1ccccc1NCc1ccccc1Br. The minimum Gasteiger partial charge on any atom is -0.380 e. The van der Waals surface area contributed by atoms with Crippen molar-refractivity contribution in [1.29, 1.82) is 0 Å². The van der Waals surface area contributed by atoms with Crippen molar-refractivity contribution in [3.05, 3.63) is 64.1 Å². The number of rotatable bonds is 4. The van der Waals surface area contributed by atoms with Crippen LogP contribution in [-0.4, -0.2) is 5.78 Å². The zero-order valence-electron chi connectivity index (χ0n) is 10.1. The summed E-state index contributed by atoms with van der Waals surface area (Å²) >= 11 is 3.51. The van der Waals surface area contributed by atoms with Gasteiger partial charge in [-0.3, -0.25) is 4.79 Å². The first-order chi connectivity index (χ1) is 8.68. The first kappa shape index (κ1) is 12.8. The Morgan fingerprint density at radius 3 is 2.50 bits per heavy atom. The van der Waals surface area contributed by atoms with Gasteiger partial charge in [0.15, 0.2) is 5.78 Å². The lowest BCUT2D eigenvalue weighted by Crippen LogP contribution is -2.05. The van der Waals surface area contributed by atoms with Crippen LogP contribution in [0, 0.1) is 0 Å². The number of carbonyl (C=O) groups excluding carboxylic acids is 1. The second kappa shape index (κ2) is 5.83. The highest BCUT2D eigenvalue weighted by Crippen LogP contribution is 2.20. The second-order valence-corrected chi connectivity index (χ2v) is 4.90. The van der Waals surface area contributed by atoms with E-state index in [1.54, 1.807) is 6.92 Å². The Morgan fingerprint density at radius 1 is 1.11 bits per heavy atom. The molecule has 0 heterocycles. The lowest BCUT2D eigenvalue weighted by Gasteiger charge is -2.11. The monoisotopic (exact) mass is 303 g/mol. The summed E-state index contributed by atoms with van der Waals surface area (Å²) in [6.07, 6.45) is 0. The van der Waals surface area contributed by atoms with Crippen molar-refractivity contribution in [2.24, 2.45) is 0 Å². The van der Waals surface area contributed by atoms with Gasteiger partial charge in [0.05, 0.1) is 0 Å². The summed E-state index contributed by atoms with van der Waals surface area (Å²) in [5.74, 6) is 0.0743. The van der Waals surface area contributed by atoms with Gasteiger partial charge in [0.2, 0.25) is 0 Å². The number of ketones is 1. The first-order valence-electron chi connectivity index (χ1n) is 5.75. The van der Waals surface area contributed by atoms with Gasteiger partial charge >= 0.3 is 0 Å². The van der Waals surface area contributed by atoms with Crippen LogP contribution in [0.1, 0.15) is 22.8 Å². The number of nitrogens with one attached hydrogen (secondary N) is 1. The van der Waals surface area contributed by atoms with Crippen LogP contribution < -0.4 is 5.32 Å². The van der Waals surface area contributed by atoms with Gasteiger partial charge in [0.25, 0.3) is 0 Å². The van der Waals surface area contributed by atoms with E-state index in [-0.39, 0.29) is 5.78 Å². The maximum Gasteiger partial charge on any atom is 0.161 e. The minimum absolute atomic E-state index is 0.0743. The number of halogens is 1. The van der Waals surface area contributed by atoms with Crippen LogP contribution in [0.3, 0.4) is 0 Å². The van der Waals surface area contributed by atoms with E-state index >= 15 is 0 Å². The van der Waals surface area contributed by atoms with Crippen LogP contribution >= 0.6 is 15.9 Å². The fraction of sp³-hybridized carbons (Fsp3) is 0.133. The Labute approximate surface area is 115 Å². The molecule has 0 fully saturated rings. The summed E-state index contributed by atoms with van der Waals surface area (Å²) < 4.78 is 1.07. The Kier molecular flexibility index (Phi) is 4.15. The van der Waals surface area contributed by atoms with Gasteiger partial charge in [-0.1, -0.05) is 46.3 Å². The molecule has 1 N–H and O–H groups in total. The van der Waals surface area contributed by atoms with Crippen molar-refractivity contribution in [3.63, 3.8) is 0 Å². The van der Waals surface area contributed by atoms with Crippen molar-refractivity contribution in [3.8, 4) is 0 Å². The van der Waals surface area contributed by atoms with Crippen LogP contribution in [-0.2, 0) is 6.54 Å². The molecule has 0 bridgehead atoms. The Morgan fingerprint density at radius 2 is 1.78 bits per heavy atom. The van der Waals surface area contributed by atoms with E-state index in [1.165, 1.54) is 0 Å². The Bertz CT molecular complexity index is 566. The standard InChI is InChI=1S/C15H14BrNO/c1-11(18)13-7-3-5-9-15(13)17-10-12-6-2-4-8-14(12)16/h2-9,17H,10H2,1H3. The maximum absolute atomic E-state index is 11.5. The molecule has 0 spiro atoms. The molecule has 92 valence electrons. The molecule has 0 amide bonds. The topological polar surface area (TPSA) is 29.1 Å². The number of Topliss-reactive ketones (excluding diaryl/α,β-unsaturated/α-hetero) is 1. The number of hydrogen-bond acceptors (Lipinski definition) is 2. The van der Waals surface area contributed by atoms with Gasteiger partial charge in [-0.05, 0) is 30.7 Å². The van der Waals surface area contributed by atoms with Crippen molar-refractivity contribution in [1.82, 2.24) is 0 Å². The zero-order valence-corrected chi connectivity index (χ0v) is 11.7. The van der Waals surface area contributed by atoms with Gasteiger partial charge in [0, 0.05) is 22.3 Å². The lowest BCUT2D eigenvalue weighted by molar-refractivity contribution is 0.101. The van der Waals surface area contributed by atoms with E-state index in [2.05, 4.69) is 21.2 Å². The fourth-order valence-corrected chi connectivity index (χ4v) is 2.20. The molecule has 2 aromatic carbocycles. The van der Waals surface area contributed by atoms with Gasteiger partial charge in [0.1, 0.15) is 0 Å². The number of benzene rings is 2. The van der Waals surface area contributed by atoms with Crippen LogP contribution in [0.25, 0.3) is 0 Å². The first-order valence-corrected chi connectivity index (χ1v) is 6.55. The average Bonchev–Trinajstić information content (AvgIpc) is 2.38. The van der Waals surface area contributed by atoms with Gasteiger partial charge in [-0.2, -0.15) is 0 Å². The molecule has 0 saturated heterocycles. The van der Waals surface area contributed by atoms with Crippen molar-refractivity contribution in [2.45, 2.75) is 13.5 Å². The molecule has 2 aromatic rings. The van der Waals surface area contributed by atoms with Crippen LogP contribution in [0.2, 0.25) is 0 Å². The minimum atomic E-state index is 0.0743. The predicted molar refractivity (Wildman–Crippen MR) is 77.9 cm³/mol. The van der Waals surface area contributed by atoms with Crippen molar-refractivity contribution < 1.29 is 4.79 Å². The highest BCUT2D eigenvalue weighted by atomic mass is 79.9. The maximum atomic E-state index is 11.5. The third-order valence-corrected chi connectivity index (χ3v) is 3.51. The Balaban J connectivity index is 2.16. The molecule has 0 radical (unpaired) electrons. The van der Waals surface area contributed by atoms with Gasteiger partial charge in [-0.25, -0.2) is 0 Å². The van der Waals surface area contributed by atoms with E-state index in [9.17, 15) is 4.79 Å². The molecule has 0 saturated carbocycles. The fourth-order valence-electron chi connectivity index (χ4n) is 1.78. The molecule has 2 nitrogen and oxygen atoms in total. The van der Waals surface area contributed by atoms with E-state index in [4.69, 9.17) is 0 Å².